The molecule has 13 nitrogen and oxygen atoms in total. The van der Waals surface area contributed by atoms with Gasteiger partial charge < -0.3 is 20.1 Å². The van der Waals surface area contributed by atoms with Crippen LogP contribution in [0.25, 0.3) is 22.2 Å². The molecule has 0 aliphatic carbocycles. The summed E-state index contributed by atoms with van der Waals surface area (Å²) in [6.07, 6.45) is 5.26. The first-order valence-electron chi connectivity index (χ1n) is 13.2. The van der Waals surface area contributed by atoms with Crippen LogP contribution in [-0.2, 0) is 13.1 Å². The standard InChI is InChI=1S/C29H32N10O3/c1-29(2,3)36-28(40)35-26-24(18-10-22(41-4)13-23(11-18)42-5)12-19-14-31-27(34-25(19)33-26)32-15-21-17-39(38-37-21)16-20-8-6-7-9-30-20/h6-14,17H,15-16H2,1-5H3,(H3,31,32,33,34,35,36,40). The van der Waals surface area contributed by atoms with E-state index in [9.17, 15) is 4.79 Å². The molecule has 0 spiro atoms. The van der Waals surface area contributed by atoms with E-state index in [2.05, 4.69) is 41.2 Å². The summed E-state index contributed by atoms with van der Waals surface area (Å²) in [5.74, 6) is 1.88. The van der Waals surface area contributed by atoms with E-state index in [0.717, 1.165) is 11.3 Å². The van der Waals surface area contributed by atoms with E-state index >= 15 is 0 Å². The molecular weight excluding hydrogens is 536 g/mol. The molecule has 42 heavy (non-hydrogen) atoms. The highest BCUT2D eigenvalue weighted by Gasteiger charge is 2.19. The molecule has 0 saturated heterocycles. The highest BCUT2D eigenvalue weighted by atomic mass is 16.5. The molecule has 5 rings (SSSR count). The Kier molecular flexibility index (Phi) is 8.09. The predicted molar refractivity (Wildman–Crippen MR) is 158 cm³/mol. The van der Waals surface area contributed by atoms with Crippen LogP contribution in [0.1, 0.15) is 32.2 Å². The molecule has 1 aromatic carbocycles. The largest absolute Gasteiger partial charge is 0.497 e. The Balaban J connectivity index is 1.42. The summed E-state index contributed by atoms with van der Waals surface area (Å²) in [7, 11) is 3.16. The molecule has 5 aromatic rings. The van der Waals surface area contributed by atoms with Crippen molar-refractivity contribution in [2.45, 2.75) is 39.4 Å². The molecule has 0 atom stereocenters. The Hall–Kier alpha value is -5.33. The van der Waals surface area contributed by atoms with Gasteiger partial charge in [0.25, 0.3) is 0 Å². The van der Waals surface area contributed by atoms with Gasteiger partial charge in [0.1, 0.15) is 23.0 Å². The van der Waals surface area contributed by atoms with E-state index in [4.69, 9.17) is 14.5 Å². The number of aromatic nitrogens is 7. The predicted octanol–water partition coefficient (Wildman–Crippen LogP) is 4.28. The first kappa shape index (κ1) is 28.2. The van der Waals surface area contributed by atoms with Gasteiger partial charge in [0, 0.05) is 34.9 Å². The molecule has 13 heteroatoms. The van der Waals surface area contributed by atoms with Crippen molar-refractivity contribution in [2.75, 3.05) is 24.9 Å². The summed E-state index contributed by atoms with van der Waals surface area (Å²) in [5.41, 5.74) is 2.94. The van der Waals surface area contributed by atoms with Gasteiger partial charge in [-0.2, -0.15) is 4.98 Å². The third kappa shape index (κ3) is 7.05. The molecular formula is C29H32N10O3. The van der Waals surface area contributed by atoms with Gasteiger partial charge in [-0.25, -0.2) is 19.4 Å². The zero-order chi connectivity index (χ0) is 29.7. The second kappa shape index (κ2) is 12.0. The van der Waals surface area contributed by atoms with Gasteiger partial charge >= 0.3 is 6.03 Å². The Labute approximate surface area is 242 Å². The van der Waals surface area contributed by atoms with Crippen molar-refractivity contribution in [1.29, 1.82) is 0 Å². The Morgan fingerprint density at radius 3 is 2.45 bits per heavy atom. The van der Waals surface area contributed by atoms with E-state index in [-0.39, 0.29) is 0 Å². The molecule has 3 N–H and O–H groups in total. The molecule has 0 aliphatic rings. The smallest absolute Gasteiger partial charge is 0.320 e. The minimum atomic E-state index is -0.445. The molecule has 0 unspecified atom stereocenters. The second-order valence-corrected chi connectivity index (χ2v) is 10.5. The third-order valence-corrected chi connectivity index (χ3v) is 6.02. The monoisotopic (exact) mass is 568 g/mol. The number of nitrogens with zero attached hydrogens (tertiary/aromatic N) is 7. The van der Waals surface area contributed by atoms with Crippen molar-refractivity contribution in [3.05, 3.63) is 72.4 Å². The topological polar surface area (TPSA) is 154 Å². The summed E-state index contributed by atoms with van der Waals surface area (Å²) in [4.78, 5) is 30.9. The first-order chi connectivity index (χ1) is 20.2. The summed E-state index contributed by atoms with van der Waals surface area (Å²) in [6.45, 7) is 6.57. The molecule has 4 aromatic heterocycles. The summed E-state index contributed by atoms with van der Waals surface area (Å²) < 4.78 is 12.6. The van der Waals surface area contributed by atoms with E-state index in [1.807, 2.05) is 63.4 Å². The highest BCUT2D eigenvalue weighted by Crippen LogP contribution is 2.35. The van der Waals surface area contributed by atoms with Gasteiger partial charge in [-0.3, -0.25) is 10.3 Å². The lowest BCUT2D eigenvalue weighted by atomic mass is 10.0. The maximum absolute atomic E-state index is 12.9. The van der Waals surface area contributed by atoms with Crippen LogP contribution in [-0.4, -0.2) is 60.7 Å². The minimum absolute atomic E-state index is 0.321. The molecule has 2 amide bonds. The van der Waals surface area contributed by atoms with Gasteiger partial charge in [0.15, 0.2) is 5.65 Å². The van der Waals surface area contributed by atoms with Crippen molar-refractivity contribution in [3.63, 3.8) is 0 Å². The Morgan fingerprint density at radius 1 is 0.976 bits per heavy atom. The van der Waals surface area contributed by atoms with Crippen LogP contribution < -0.4 is 25.4 Å². The molecule has 0 radical (unpaired) electrons. The van der Waals surface area contributed by atoms with Crippen LogP contribution in [0.4, 0.5) is 16.6 Å². The van der Waals surface area contributed by atoms with Gasteiger partial charge in [0.2, 0.25) is 5.95 Å². The van der Waals surface area contributed by atoms with Crippen LogP contribution >= 0.6 is 0 Å². The minimum Gasteiger partial charge on any atom is -0.497 e. The molecule has 0 saturated carbocycles. The van der Waals surface area contributed by atoms with Crippen molar-refractivity contribution < 1.29 is 14.3 Å². The van der Waals surface area contributed by atoms with Gasteiger partial charge in [-0.05, 0) is 56.7 Å². The summed E-state index contributed by atoms with van der Waals surface area (Å²) in [6, 6.07) is 12.7. The number of fused-ring (bicyclic) bond motifs is 1. The highest BCUT2D eigenvalue weighted by molar-refractivity contribution is 5.96. The number of benzene rings is 1. The van der Waals surface area contributed by atoms with Crippen LogP contribution in [0, 0.1) is 0 Å². The van der Waals surface area contributed by atoms with Crippen LogP contribution in [0.3, 0.4) is 0 Å². The first-order valence-corrected chi connectivity index (χ1v) is 13.2. The Bertz CT molecular complexity index is 1680. The van der Waals surface area contributed by atoms with E-state index in [1.165, 1.54) is 0 Å². The van der Waals surface area contributed by atoms with Crippen LogP contribution in [0.5, 0.6) is 11.5 Å². The van der Waals surface area contributed by atoms with E-state index < -0.39 is 11.6 Å². The Morgan fingerprint density at radius 2 is 1.76 bits per heavy atom. The number of pyridine rings is 2. The number of anilines is 2. The van der Waals surface area contributed by atoms with Crippen LogP contribution in [0.15, 0.2) is 61.1 Å². The number of hydrogen-bond donors (Lipinski definition) is 3. The maximum Gasteiger partial charge on any atom is 0.320 e. The normalized spacial score (nSPS) is 11.3. The SMILES string of the molecule is COc1cc(OC)cc(-c2cc3cnc(NCc4cn(Cc5ccccn5)nn4)nc3nc2NC(=O)NC(C)(C)C)c1. The number of methoxy groups -OCH3 is 2. The number of urea groups is 1. The fourth-order valence-electron chi connectivity index (χ4n) is 4.13. The second-order valence-electron chi connectivity index (χ2n) is 10.5. The fraction of sp³-hybridized carbons (Fsp3) is 0.276. The number of ether oxygens (including phenoxy) is 2. The summed E-state index contributed by atoms with van der Waals surface area (Å²) >= 11 is 0. The van der Waals surface area contributed by atoms with Crippen molar-refractivity contribution in [3.8, 4) is 22.6 Å². The molecule has 0 fully saturated rings. The lowest BCUT2D eigenvalue weighted by molar-refractivity contribution is 0.243. The van der Waals surface area contributed by atoms with Gasteiger partial charge in [-0.1, -0.05) is 11.3 Å². The summed E-state index contributed by atoms with van der Waals surface area (Å²) in [5, 5.41) is 18.0. The number of carbonyl (C=O) groups excluding carboxylic acids is 1. The van der Waals surface area contributed by atoms with Gasteiger partial charge in [0.05, 0.1) is 39.2 Å². The van der Waals surface area contributed by atoms with E-state index in [1.54, 1.807) is 37.4 Å². The third-order valence-electron chi connectivity index (χ3n) is 6.02. The van der Waals surface area contributed by atoms with Crippen molar-refractivity contribution in [2.24, 2.45) is 0 Å². The molecule has 0 aliphatic heterocycles. The number of nitrogens with one attached hydrogen (secondary N) is 3. The zero-order valence-corrected chi connectivity index (χ0v) is 24.0. The zero-order valence-electron chi connectivity index (χ0n) is 24.0. The number of hydrogen-bond acceptors (Lipinski definition) is 10. The maximum atomic E-state index is 12.9. The molecule has 0 bridgehead atoms. The lowest BCUT2D eigenvalue weighted by Crippen LogP contribution is -2.43. The van der Waals surface area contributed by atoms with Gasteiger partial charge in [-0.15, -0.1) is 5.10 Å². The molecule has 216 valence electrons. The van der Waals surface area contributed by atoms with Crippen LogP contribution in [0.2, 0.25) is 0 Å². The molecule has 4 heterocycles. The number of carbonyl (C=O) groups is 1. The lowest BCUT2D eigenvalue weighted by Gasteiger charge is -2.21. The fourth-order valence-corrected chi connectivity index (χ4v) is 4.13. The van der Waals surface area contributed by atoms with E-state index in [0.29, 0.717) is 58.6 Å². The average Bonchev–Trinajstić information content (AvgIpc) is 3.41. The average molecular weight is 569 g/mol. The number of amides is 2. The quantitative estimate of drug-likeness (QED) is 0.235. The van der Waals surface area contributed by atoms with Crippen molar-refractivity contribution >= 4 is 28.8 Å². The van der Waals surface area contributed by atoms with Crippen molar-refractivity contribution in [1.82, 2.24) is 40.2 Å². The number of rotatable bonds is 9.